The van der Waals surface area contributed by atoms with Crippen molar-refractivity contribution in [2.75, 3.05) is 51.9 Å². The number of hydrogen-bond acceptors (Lipinski definition) is 5. The van der Waals surface area contributed by atoms with Gasteiger partial charge >= 0.3 is 0 Å². The van der Waals surface area contributed by atoms with Gasteiger partial charge in [0.2, 0.25) is 5.91 Å². The Hall–Kier alpha value is -2.01. The second-order valence-corrected chi connectivity index (χ2v) is 7.94. The molecule has 1 heterocycles. The van der Waals surface area contributed by atoms with Crippen molar-refractivity contribution in [2.45, 2.75) is 11.4 Å². The minimum absolute atomic E-state index is 0. The molecule has 0 atom stereocenters. The van der Waals surface area contributed by atoms with Crippen LogP contribution in [0.1, 0.15) is 5.69 Å². The number of aliphatic imine (C=N–C) groups is 1. The van der Waals surface area contributed by atoms with Crippen molar-refractivity contribution in [3.05, 3.63) is 54.2 Å². The number of guanidine groups is 1. The lowest BCUT2D eigenvalue weighted by atomic mass is 10.3. The van der Waals surface area contributed by atoms with E-state index in [1.54, 1.807) is 30.8 Å². The van der Waals surface area contributed by atoms with Crippen LogP contribution in [-0.4, -0.2) is 68.8 Å². The Balaban J connectivity index is 0.00000450. The summed E-state index contributed by atoms with van der Waals surface area (Å²) < 4.78 is 0. The van der Waals surface area contributed by atoms with Crippen molar-refractivity contribution in [3.8, 4) is 0 Å². The summed E-state index contributed by atoms with van der Waals surface area (Å²) in [6.45, 7) is 1.35. The number of aromatic nitrogens is 1. The lowest BCUT2D eigenvalue weighted by molar-refractivity contribution is -0.127. The number of rotatable bonds is 9. The normalized spacial score (nSPS) is 10.7. The van der Waals surface area contributed by atoms with Crippen LogP contribution >= 0.6 is 35.7 Å². The van der Waals surface area contributed by atoms with Gasteiger partial charge in [0, 0.05) is 45.4 Å². The molecule has 2 rings (SSSR count). The molecule has 0 saturated carbocycles. The fourth-order valence-electron chi connectivity index (χ4n) is 2.31. The van der Waals surface area contributed by atoms with Gasteiger partial charge in [-0.3, -0.25) is 4.79 Å². The van der Waals surface area contributed by atoms with E-state index in [0.29, 0.717) is 12.5 Å². The molecule has 0 saturated heterocycles. The number of nitrogens with zero attached hydrogens (tertiary/aromatic N) is 4. The monoisotopic (exact) mass is 542 g/mol. The molecule has 164 valence electrons. The predicted octanol–water partition coefficient (Wildman–Crippen LogP) is 2.68. The van der Waals surface area contributed by atoms with Crippen LogP contribution in [-0.2, 0) is 11.3 Å². The highest BCUT2D eigenvalue weighted by Gasteiger charge is 2.06. The Labute approximate surface area is 200 Å². The minimum Gasteiger partial charge on any atom is -0.363 e. The average Bonchev–Trinajstić information content (AvgIpc) is 2.73. The van der Waals surface area contributed by atoms with E-state index in [-0.39, 0.29) is 36.4 Å². The van der Waals surface area contributed by atoms with Crippen molar-refractivity contribution < 1.29 is 4.79 Å². The van der Waals surface area contributed by atoms with E-state index in [1.807, 2.05) is 55.4 Å². The van der Waals surface area contributed by atoms with Gasteiger partial charge in [-0.05, 0) is 24.3 Å². The van der Waals surface area contributed by atoms with E-state index < -0.39 is 0 Å². The van der Waals surface area contributed by atoms with Crippen LogP contribution in [0, 0.1) is 0 Å². The van der Waals surface area contributed by atoms with Gasteiger partial charge in [0.1, 0.15) is 5.82 Å². The van der Waals surface area contributed by atoms with Crippen molar-refractivity contribution in [3.63, 3.8) is 0 Å². The van der Waals surface area contributed by atoms with Crippen LogP contribution in [0.5, 0.6) is 0 Å². The summed E-state index contributed by atoms with van der Waals surface area (Å²) >= 11 is 1.77. The summed E-state index contributed by atoms with van der Waals surface area (Å²) in [6.07, 6.45) is 0. The molecule has 7 nitrogen and oxygen atoms in total. The fourth-order valence-corrected chi connectivity index (χ4v) is 3.10. The molecule has 9 heteroatoms. The maximum Gasteiger partial charge on any atom is 0.241 e. The molecule has 0 fully saturated rings. The van der Waals surface area contributed by atoms with E-state index in [2.05, 4.69) is 32.7 Å². The molecular formula is C21H31IN6OS. The molecule has 2 N–H and O–H groups in total. The Morgan fingerprint density at radius 1 is 1.03 bits per heavy atom. The standard InChI is InChI=1S/C21H30N6OS.HI/c1-26(2)19-12-8-9-17(25-19)15-23-21(24-16-20(28)27(3)4)22-13-14-29-18-10-6-5-7-11-18;/h5-12H,13-16H2,1-4H3,(H2,22,23,24);1H. The molecule has 30 heavy (non-hydrogen) atoms. The molecule has 1 amide bonds. The molecule has 0 radical (unpaired) electrons. The Bertz CT molecular complexity index is 801. The quantitative estimate of drug-likeness (QED) is 0.167. The van der Waals surface area contributed by atoms with Gasteiger partial charge in [-0.2, -0.15) is 0 Å². The highest BCUT2D eigenvalue weighted by molar-refractivity contribution is 14.0. The fraction of sp³-hybridized carbons (Fsp3) is 0.381. The molecule has 0 aliphatic rings. The Morgan fingerprint density at radius 3 is 2.43 bits per heavy atom. The Kier molecular flexibility index (Phi) is 12.2. The first-order valence-corrected chi connectivity index (χ1v) is 10.5. The van der Waals surface area contributed by atoms with Crippen LogP contribution in [0.3, 0.4) is 0 Å². The lowest BCUT2D eigenvalue weighted by Gasteiger charge is -2.15. The average molecular weight is 542 g/mol. The predicted molar refractivity (Wildman–Crippen MR) is 137 cm³/mol. The summed E-state index contributed by atoms with van der Waals surface area (Å²) in [5, 5.41) is 6.41. The van der Waals surface area contributed by atoms with Gasteiger partial charge in [-0.25, -0.2) is 9.98 Å². The zero-order valence-electron chi connectivity index (χ0n) is 18.0. The molecular weight excluding hydrogens is 511 g/mol. The van der Waals surface area contributed by atoms with Crippen molar-refractivity contribution in [2.24, 2.45) is 4.99 Å². The number of nitrogens with one attached hydrogen (secondary N) is 2. The molecule has 0 aliphatic heterocycles. The van der Waals surface area contributed by atoms with Gasteiger partial charge in [0.15, 0.2) is 5.96 Å². The molecule has 0 bridgehead atoms. The van der Waals surface area contributed by atoms with Gasteiger partial charge in [-0.15, -0.1) is 35.7 Å². The molecule has 1 aromatic carbocycles. The largest absolute Gasteiger partial charge is 0.363 e. The number of hydrogen-bond donors (Lipinski definition) is 2. The number of pyridine rings is 1. The van der Waals surface area contributed by atoms with Crippen LogP contribution < -0.4 is 15.5 Å². The van der Waals surface area contributed by atoms with E-state index in [9.17, 15) is 4.79 Å². The van der Waals surface area contributed by atoms with E-state index >= 15 is 0 Å². The lowest BCUT2D eigenvalue weighted by Crippen LogP contribution is -2.43. The van der Waals surface area contributed by atoms with Crippen LogP contribution in [0.4, 0.5) is 5.82 Å². The van der Waals surface area contributed by atoms with Crippen molar-refractivity contribution >= 4 is 53.4 Å². The summed E-state index contributed by atoms with van der Waals surface area (Å²) in [4.78, 5) is 25.8. The van der Waals surface area contributed by atoms with E-state index in [4.69, 9.17) is 0 Å². The van der Waals surface area contributed by atoms with Crippen LogP contribution in [0.15, 0.2) is 58.4 Å². The second kappa shape index (κ2) is 14.1. The molecule has 0 unspecified atom stereocenters. The van der Waals surface area contributed by atoms with Gasteiger partial charge in [0.25, 0.3) is 0 Å². The number of amides is 1. The number of likely N-dealkylation sites (N-methyl/N-ethyl adjacent to an activating group) is 1. The number of anilines is 1. The third-order valence-electron chi connectivity index (χ3n) is 3.96. The van der Waals surface area contributed by atoms with Crippen molar-refractivity contribution in [1.82, 2.24) is 20.5 Å². The highest BCUT2D eigenvalue weighted by atomic mass is 127. The first kappa shape index (κ1) is 26.0. The first-order valence-electron chi connectivity index (χ1n) is 9.49. The summed E-state index contributed by atoms with van der Waals surface area (Å²) in [7, 11) is 7.39. The zero-order chi connectivity index (χ0) is 21.1. The van der Waals surface area contributed by atoms with Gasteiger partial charge < -0.3 is 20.4 Å². The van der Waals surface area contributed by atoms with E-state index in [1.165, 1.54) is 4.90 Å². The first-order chi connectivity index (χ1) is 14.0. The van der Waals surface area contributed by atoms with Crippen LogP contribution in [0.25, 0.3) is 0 Å². The third-order valence-corrected chi connectivity index (χ3v) is 4.98. The number of halogens is 1. The molecule has 1 aromatic heterocycles. The number of carbonyl (C=O) groups excluding carboxylic acids is 1. The van der Waals surface area contributed by atoms with Gasteiger partial charge in [-0.1, -0.05) is 24.3 Å². The number of carbonyl (C=O) groups is 1. The number of benzene rings is 1. The minimum atomic E-state index is -0.00843. The topological polar surface area (TPSA) is 72.9 Å². The third kappa shape index (κ3) is 9.66. The molecule has 0 aliphatic carbocycles. The maximum atomic E-state index is 11.9. The second-order valence-electron chi connectivity index (χ2n) is 6.78. The van der Waals surface area contributed by atoms with Gasteiger partial charge in [0.05, 0.1) is 18.8 Å². The maximum absolute atomic E-state index is 11.9. The summed E-state index contributed by atoms with van der Waals surface area (Å²) in [6, 6.07) is 16.1. The summed E-state index contributed by atoms with van der Waals surface area (Å²) in [5.41, 5.74) is 0.870. The van der Waals surface area contributed by atoms with Crippen molar-refractivity contribution in [1.29, 1.82) is 0 Å². The highest BCUT2D eigenvalue weighted by Crippen LogP contribution is 2.15. The molecule has 2 aromatic rings. The SMILES string of the molecule is CN(C)C(=O)CNC(=NCc1cccc(N(C)C)n1)NCCSc1ccccc1.I. The van der Waals surface area contributed by atoms with Crippen LogP contribution in [0.2, 0.25) is 0 Å². The smallest absolute Gasteiger partial charge is 0.241 e. The summed E-state index contributed by atoms with van der Waals surface area (Å²) in [5.74, 6) is 2.37. The number of thioether (sulfide) groups is 1. The Morgan fingerprint density at radius 2 is 1.77 bits per heavy atom. The van der Waals surface area contributed by atoms with E-state index in [0.717, 1.165) is 23.8 Å². The molecule has 0 spiro atoms. The zero-order valence-corrected chi connectivity index (χ0v) is 21.1.